The molecule has 120 valence electrons. The van der Waals surface area contributed by atoms with Crippen molar-refractivity contribution in [1.29, 1.82) is 0 Å². The summed E-state index contributed by atoms with van der Waals surface area (Å²) in [6, 6.07) is 1.59. The lowest BCUT2D eigenvalue weighted by molar-refractivity contribution is -0.276. The number of alkyl halides is 6. The smallest absolute Gasteiger partial charge is 0.406 e. The zero-order valence-electron chi connectivity index (χ0n) is 11.0. The molecule has 0 spiro atoms. The Bertz CT molecular complexity index is 484. The van der Waals surface area contributed by atoms with E-state index in [9.17, 15) is 26.3 Å². The molecule has 0 fully saturated rings. The summed E-state index contributed by atoms with van der Waals surface area (Å²) in [5, 5.41) is 0. The number of ether oxygens (including phenoxy) is 2. The Morgan fingerprint density at radius 2 is 1.48 bits per heavy atom. The second-order valence-electron chi connectivity index (χ2n) is 4.57. The van der Waals surface area contributed by atoms with Gasteiger partial charge in [0.05, 0.1) is 0 Å². The van der Waals surface area contributed by atoms with Gasteiger partial charge in [0, 0.05) is 17.7 Å². The fraction of sp³-hybridized carbons (Fsp3) is 0.500. The van der Waals surface area contributed by atoms with Crippen LogP contribution in [0.15, 0.2) is 18.2 Å². The van der Waals surface area contributed by atoms with Gasteiger partial charge in [0.2, 0.25) is 0 Å². The Morgan fingerprint density at radius 1 is 0.952 bits per heavy atom. The van der Waals surface area contributed by atoms with E-state index in [-0.39, 0.29) is 11.5 Å². The predicted octanol–water partition coefficient (Wildman–Crippen LogP) is 4.14. The molecule has 0 bridgehead atoms. The van der Waals surface area contributed by atoms with Crippen LogP contribution in [0, 0.1) is 5.92 Å². The molecule has 0 saturated carbocycles. The molecular weight excluding hydrogens is 304 g/mol. The minimum Gasteiger partial charge on any atom is -0.406 e. The number of rotatable bonds is 4. The SMILES string of the molecule is CC(C)C(N)c1ccc(OC(F)(F)F)cc1OC(F)(F)F. The highest BCUT2D eigenvalue weighted by Gasteiger charge is 2.35. The number of nitrogens with two attached hydrogens (primary N) is 1. The first-order chi connectivity index (χ1) is 9.39. The molecule has 1 rings (SSSR count). The maximum Gasteiger partial charge on any atom is 0.573 e. The van der Waals surface area contributed by atoms with E-state index in [1.807, 2.05) is 0 Å². The highest BCUT2D eigenvalue weighted by molar-refractivity contribution is 5.42. The van der Waals surface area contributed by atoms with Crippen LogP contribution in [0.25, 0.3) is 0 Å². The van der Waals surface area contributed by atoms with E-state index in [1.54, 1.807) is 13.8 Å². The number of benzene rings is 1. The molecule has 0 aliphatic rings. The standard InChI is InChI=1S/C12H13F6NO2/c1-6(2)10(19)8-4-3-7(20-11(13,14)15)5-9(8)21-12(16,17)18/h3-6,10H,19H2,1-2H3. The number of hydrogen-bond donors (Lipinski definition) is 1. The lowest BCUT2D eigenvalue weighted by Crippen LogP contribution is -2.23. The summed E-state index contributed by atoms with van der Waals surface area (Å²) in [5.41, 5.74) is 5.67. The molecule has 0 heterocycles. The summed E-state index contributed by atoms with van der Waals surface area (Å²) in [6.45, 7) is 3.31. The number of hydrogen-bond acceptors (Lipinski definition) is 3. The first kappa shape index (κ1) is 17.4. The fourth-order valence-electron chi connectivity index (χ4n) is 1.56. The maximum absolute atomic E-state index is 12.3. The molecule has 3 nitrogen and oxygen atoms in total. The van der Waals surface area contributed by atoms with Crippen molar-refractivity contribution in [2.24, 2.45) is 11.7 Å². The lowest BCUT2D eigenvalue weighted by Gasteiger charge is -2.21. The molecule has 21 heavy (non-hydrogen) atoms. The van der Waals surface area contributed by atoms with Gasteiger partial charge in [-0.2, -0.15) is 0 Å². The van der Waals surface area contributed by atoms with Gasteiger partial charge in [-0.25, -0.2) is 0 Å². The highest BCUT2D eigenvalue weighted by atomic mass is 19.4. The molecule has 1 aromatic rings. The molecule has 0 amide bonds. The molecule has 1 unspecified atom stereocenters. The van der Waals surface area contributed by atoms with Crippen molar-refractivity contribution in [3.05, 3.63) is 23.8 Å². The van der Waals surface area contributed by atoms with Crippen LogP contribution in [-0.2, 0) is 0 Å². The van der Waals surface area contributed by atoms with Gasteiger partial charge in [-0.15, -0.1) is 26.3 Å². The minimum atomic E-state index is -5.05. The molecule has 1 aromatic carbocycles. The Hall–Kier alpha value is -1.64. The second kappa shape index (κ2) is 6.00. The molecule has 9 heteroatoms. The van der Waals surface area contributed by atoms with Crippen LogP contribution in [0.1, 0.15) is 25.5 Å². The predicted molar refractivity (Wildman–Crippen MR) is 61.6 cm³/mol. The lowest BCUT2D eigenvalue weighted by atomic mass is 9.96. The molecule has 1 atom stereocenters. The summed E-state index contributed by atoms with van der Waals surface area (Å²) < 4.78 is 80.5. The maximum atomic E-state index is 12.3. The quantitative estimate of drug-likeness (QED) is 0.849. The van der Waals surface area contributed by atoms with Crippen molar-refractivity contribution in [2.45, 2.75) is 32.6 Å². The molecule has 0 aromatic heterocycles. The van der Waals surface area contributed by atoms with E-state index >= 15 is 0 Å². The van der Waals surface area contributed by atoms with E-state index in [0.717, 1.165) is 12.1 Å². The molecule has 0 saturated heterocycles. The first-order valence-electron chi connectivity index (χ1n) is 5.80. The van der Waals surface area contributed by atoms with Gasteiger partial charge in [-0.1, -0.05) is 19.9 Å². The number of halogens is 6. The van der Waals surface area contributed by atoms with Crippen LogP contribution in [0.5, 0.6) is 11.5 Å². The van der Waals surface area contributed by atoms with Gasteiger partial charge < -0.3 is 15.2 Å². The zero-order chi connectivity index (χ0) is 16.4. The molecule has 2 N–H and O–H groups in total. The third-order valence-corrected chi connectivity index (χ3v) is 2.52. The van der Waals surface area contributed by atoms with Crippen LogP contribution in [-0.4, -0.2) is 12.7 Å². The molecule has 0 aliphatic heterocycles. The minimum absolute atomic E-state index is 0.0585. The van der Waals surface area contributed by atoms with Gasteiger partial charge in [-0.05, 0) is 12.0 Å². The average Bonchev–Trinajstić information content (AvgIpc) is 2.23. The van der Waals surface area contributed by atoms with E-state index in [2.05, 4.69) is 9.47 Å². The van der Waals surface area contributed by atoms with Gasteiger partial charge in [0.15, 0.2) is 0 Å². The summed E-state index contributed by atoms with van der Waals surface area (Å²) >= 11 is 0. The normalized spacial score (nSPS) is 14.2. The van der Waals surface area contributed by atoms with Crippen molar-refractivity contribution < 1.29 is 35.8 Å². The molecular formula is C12H13F6NO2. The Balaban J connectivity index is 3.20. The van der Waals surface area contributed by atoms with E-state index in [0.29, 0.717) is 6.07 Å². The summed E-state index contributed by atoms with van der Waals surface area (Å²) in [5.74, 6) is -1.87. The van der Waals surface area contributed by atoms with Crippen LogP contribution in [0.3, 0.4) is 0 Å². The van der Waals surface area contributed by atoms with E-state index < -0.39 is 30.3 Å². The van der Waals surface area contributed by atoms with Crippen LogP contribution >= 0.6 is 0 Å². The summed E-state index contributed by atoms with van der Waals surface area (Å²) in [4.78, 5) is 0. The van der Waals surface area contributed by atoms with Crippen molar-refractivity contribution in [1.82, 2.24) is 0 Å². The molecule has 0 aliphatic carbocycles. The Kier molecular flexibility index (Phi) is 4.98. The zero-order valence-corrected chi connectivity index (χ0v) is 11.0. The van der Waals surface area contributed by atoms with Crippen molar-refractivity contribution in [3.63, 3.8) is 0 Å². The van der Waals surface area contributed by atoms with Gasteiger partial charge >= 0.3 is 12.7 Å². The van der Waals surface area contributed by atoms with Crippen LogP contribution < -0.4 is 15.2 Å². The van der Waals surface area contributed by atoms with Crippen molar-refractivity contribution >= 4 is 0 Å². The Morgan fingerprint density at radius 3 is 1.90 bits per heavy atom. The summed E-state index contributed by atoms with van der Waals surface area (Å²) in [7, 11) is 0. The van der Waals surface area contributed by atoms with E-state index in [1.165, 1.54) is 0 Å². The Labute approximate surface area is 116 Å². The van der Waals surface area contributed by atoms with Gasteiger partial charge in [0.1, 0.15) is 11.5 Å². The topological polar surface area (TPSA) is 44.5 Å². The first-order valence-corrected chi connectivity index (χ1v) is 5.80. The van der Waals surface area contributed by atoms with E-state index in [4.69, 9.17) is 5.73 Å². The van der Waals surface area contributed by atoms with Crippen molar-refractivity contribution in [3.8, 4) is 11.5 Å². The van der Waals surface area contributed by atoms with Crippen LogP contribution in [0.4, 0.5) is 26.3 Å². The van der Waals surface area contributed by atoms with Gasteiger partial charge in [-0.3, -0.25) is 0 Å². The third kappa shape index (κ3) is 5.70. The monoisotopic (exact) mass is 317 g/mol. The summed E-state index contributed by atoms with van der Waals surface area (Å²) in [6.07, 6.45) is -10.1. The van der Waals surface area contributed by atoms with Gasteiger partial charge in [0.25, 0.3) is 0 Å². The average molecular weight is 317 g/mol. The second-order valence-corrected chi connectivity index (χ2v) is 4.57. The fourth-order valence-corrected chi connectivity index (χ4v) is 1.56. The molecule has 0 radical (unpaired) electrons. The third-order valence-electron chi connectivity index (χ3n) is 2.52. The van der Waals surface area contributed by atoms with Crippen LogP contribution in [0.2, 0.25) is 0 Å². The van der Waals surface area contributed by atoms with Crippen molar-refractivity contribution in [2.75, 3.05) is 0 Å². The largest absolute Gasteiger partial charge is 0.573 e. The highest BCUT2D eigenvalue weighted by Crippen LogP contribution is 2.36.